The van der Waals surface area contributed by atoms with Crippen molar-refractivity contribution in [3.8, 4) is 0 Å². The lowest BCUT2D eigenvalue weighted by atomic mass is 9.94. The van der Waals surface area contributed by atoms with Crippen molar-refractivity contribution in [2.75, 3.05) is 0 Å². The molecule has 2 heteroatoms. The van der Waals surface area contributed by atoms with E-state index < -0.39 is 0 Å². The van der Waals surface area contributed by atoms with Gasteiger partial charge in [-0.15, -0.1) is 0 Å². The van der Waals surface area contributed by atoms with Gasteiger partial charge in [-0.1, -0.05) is 104 Å². The van der Waals surface area contributed by atoms with Gasteiger partial charge in [-0.3, -0.25) is 0 Å². The number of rotatable bonds is 6. The van der Waals surface area contributed by atoms with Crippen LogP contribution >= 0.6 is 0 Å². The minimum atomic E-state index is 0.443. The molecule has 0 atom stereocenters. The second-order valence-corrected chi connectivity index (χ2v) is 12.0. The molecule has 1 aliphatic rings. The first-order chi connectivity index (χ1) is 18.1. The Labute approximate surface area is 228 Å². The predicted octanol–water partition coefficient (Wildman–Crippen LogP) is 10.6. The van der Waals surface area contributed by atoms with Crippen molar-refractivity contribution < 1.29 is 0 Å². The van der Waals surface area contributed by atoms with Crippen LogP contribution in [-0.4, -0.2) is 11.4 Å². The number of aliphatic imine (C=N–C) groups is 2. The van der Waals surface area contributed by atoms with Gasteiger partial charge in [0.2, 0.25) is 0 Å². The zero-order valence-electron chi connectivity index (χ0n) is 24.1. The molecule has 0 saturated heterocycles. The molecule has 0 heterocycles. The monoisotopic (exact) mass is 500 g/mol. The molecule has 0 radical (unpaired) electrons. The molecule has 5 rings (SSSR count). The molecular formula is C36H40N2. The van der Waals surface area contributed by atoms with Crippen LogP contribution in [0.25, 0.3) is 10.8 Å². The first-order valence-electron chi connectivity index (χ1n) is 14.1. The number of nitrogens with zero attached hydrogens (tertiary/aromatic N) is 2. The Hall–Kier alpha value is -3.52. The Morgan fingerprint density at radius 3 is 1.11 bits per heavy atom. The van der Waals surface area contributed by atoms with Gasteiger partial charge < -0.3 is 0 Å². The van der Waals surface area contributed by atoms with Gasteiger partial charge in [0.1, 0.15) is 0 Å². The summed E-state index contributed by atoms with van der Waals surface area (Å²) in [6, 6.07) is 26.7. The average molecular weight is 501 g/mol. The van der Waals surface area contributed by atoms with Gasteiger partial charge in [-0.25, -0.2) is 9.98 Å². The molecule has 0 aromatic heterocycles. The summed E-state index contributed by atoms with van der Waals surface area (Å²) in [5.41, 5.74) is 11.6. The summed E-state index contributed by atoms with van der Waals surface area (Å²) in [7, 11) is 0. The van der Waals surface area contributed by atoms with Crippen molar-refractivity contribution in [1.29, 1.82) is 0 Å². The molecule has 0 fully saturated rings. The van der Waals surface area contributed by atoms with E-state index in [2.05, 4.69) is 128 Å². The lowest BCUT2D eigenvalue weighted by molar-refractivity contribution is 0.834. The molecule has 0 amide bonds. The molecule has 38 heavy (non-hydrogen) atoms. The summed E-state index contributed by atoms with van der Waals surface area (Å²) in [6.45, 7) is 18.0. The molecule has 0 unspecified atom stereocenters. The van der Waals surface area contributed by atoms with Gasteiger partial charge in [0.25, 0.3) is 0 Å². The highest BCUT2D eigenvalue weighted by Crippen LogP contribution is 2.36. The molecule has 1 aliphatic carbocycles. The summed E-state index contributed by atoms with van der Waals surface area (Å²) in [5.74, 6) is 1.77. The van der Waals surface area contributed by atoms with Crippen molar-refractivity contribution in [3.05, 3.63) is 106 Å². The summed E-state index contributed by atoms with van der Waals surface area (Å²) in [5, 5.41) is 2.48. The molecule has 0 bridgehead atoms. The second-order valence-electron chi connectivity index (χ2n) is 12.0. The van der Waals surface area contributed by atoms with Crippen LogP contribution in [0, 0.1) is 0 Å². The highest BCUT2D eigenvalue weighted by atomic mass is 14.8. The van der Waals surface area contributed by atoms with E-state index in [1.807, 2.05) is 0 Å². The van der Waals surface area contributed by atoms with Gasteiger partial charge in [-0.2, -0.15) is 0 Å². The lowest BCUT2D eigenvalue weighted by Gasteiger charge is -2.14. The van der Waals surface area contributed by atoms with Crippen molar-refractivity contribution in [2.45, 2.75) is 79.1 Å². The van der Waals surface area contributed by atoms with Crippen LogP contribution in [0.5, 0.6) is 0 Å². The van der Waals surface area contributed by atoms with E-state index in [4.69, 9.17) is 9.98 Å². The molecule has 194 valence electrons. The van der Waals surface area contributed by atoms with Crippen molar-refractivity contribution in [3.63, 3.8) is 0 Å². The first-order valence-corrected chi connectivity index (χ1v) is 14.1. The quantitative estimate of drug-likeness (QED) is 0.251. The highest BCUT2D eigenvalue weighted by Gasteiger charge is 2.27. The van der Waals surface area contributed by atoms with E-state index in [0.29, 0.717) is 23.7 Å². The fourth-order valence-electron chi connectivity index (χ4n) is 5.26. The first kappa shape index (κ1) is 26.1. The third-order valence-corrected chi connectivity index (χ3v) is 7.71. The summed E-state index contributed by atoms with van der Waals surface area (Å²) < 4.78 is 0. The Morgan fingerprint density at radius 2 is 0.789 bits per heavy atom. The lowest BCUT2D eigenvalue weighted by Crippen LogP contribution is -2.10. The van der Waals surface area contributed by atoms with E-state index in [1.54, 1.807) is 0 Å². The Balaban J connectivity index is 1.77. The zero-order valence-corrected chi connectivity index (χ0v) is 24.1. The third-order valence-electron chi connectivity index (χ3n) is 7.71. The van der Waals surface area contributed by atoms with Crippen LogP contribution in [0.4, 0.5) is 11.4 Å². The second kappa shape index (κ2) is 10.3. The topological polar surface area (TPSA) is 24.7 Å². The summed E-state index contributed by atoms with van der Waals surface area (Å²) >= 11 is 0. The Kier molecular flexibility index (Phi) is 7.09. The predicted molar refractivity (Wildman–Crippen MR) is 166 cm³/mol. The van der Waals surface area contributed by atoms with Crippen molar-refractivity contribution in [2.24, 2.45) is 9.98 Å². The maximum Gasteiger partial charge on any atom is 0.0978 e. The fourth-order valence-corrected chi connectivity index (χ4v) is 5.26. The number of hydrogen-bond donors (Lipinski definition) is 0. The van der Waals surface area contributed by atoms with Crippen LogP contribution < -0.4 is 0 Å². The summed E-state index contributed by atoms with van der Waals surface area (Å²) in [6.07, 6.45) is 0. The van der Waals surface area contributed by atoms with E-state index in [1.165, 1.54) is 44.2 Å². The average Bonchev–Trinajstić information content (AvgIpc) is 3.17. The van der Waals surface area contributed by atoms with Gasteiger partial charge in [-0.05, 0) is 75.6 Å². The molecule has 0 aliphatic heterocycles. The van der Waals surface area contributed by atoms with Gasteiger partial charge in [0, 0.05) is 16.5 Å². The Morgan fingerprint density at radius 1 is 0.447 bits per heavy atom. The molecule has 0 spiro atoms. The van der Waals surface area contributed by atoms with E-state index in [-0.39, 0.29) is 0 Å². The van der Waals surface area contributed by atoms with E-state index in [0.717, 1.165) is 22.8 Å². The fraction of sp³-hybridized carbons (Fsp3) is 0.333. The van der Waals surface area contributed by atoms with Gasteiger partial charge in [0.15, 0.2) is 0 Å². The van der Waals surface area contributed by atoms with Crippen molar-refractivity contribution >= 4 is 33.6 Å². The highest BCUT2D eigenvalue weighted by molar-refractivity contribution is 6.61. The van der Waals surface area contributed by atoms with Crippen molar-refractivity contribution in [1.82, 2.24) is 0 Å². The molecule has 2 nitrogen and oxygen atoms in total. The number of hydrogen-bond acceptors (Lipinski definition) is 2. The largest absolute Gasteiger partial charge is 0.246 e. The number of benzene rings is 4. The van der Waals surface area contributed by atoms with E-state index in [9.17, 15) is 0 Å². The van der Waals surface area contributed by atoms with Crippen LogP contribution in [0.1, 0.15) is 112 Å². The smallest absolute Gasteiger partial charge is 0.0978 e. The maximum atomic E-state index is 5.36. The SMILES string of the molecule is CC(C)c1cc(N=C2C(=Nc3cc(C(C)C)cc(C(C)C)c3)c3cccc4cccc2c34)cc(C(C)C)c1. The van der Waals surface area contributed by atoms with Gasteiger partial charge in [0.05, 0.1) is 22.8 Å². The molecule has 4 aromatic carbocycles. The van der Waals surface area contributed by atoms with Crippen LogP contribution in [-0.2, 0) is 0 Å². The summed E-state index contributed by atoms with van der Waals surface area (Å²) in [4.78, 5) is 10.7. The van der Waals surface area contributed by atoms with E-state index >= 15 is 0 Å². The van der Waals surface area contributed by atoms with Crippen LogP contribution in [0.3, 0.4) is 0 Å². The molecule has 4 aromatic rings. The molecule has 0 saturated carbocycles. The van der Waals surface area contributed by atoms with Crippen LogP contribution in [0.15, 0.2) is 82.8 Å². The molecular weight excluding hydrogens is 460 g/mol. The third kappa shape index (κ3) is 4.97. The Bertz CT molecular complexity index is 1400. The zero-order chi connectivity index (χ0) is 27.1. The normalized spacial score (nSPS) is 15.4. The minimum absolute atomic E-state index is 0.443. The maximum absolute atomic E-state index is 5.36. The minimum Gasteiger partial charge on any atom is -0.246 e. The molecule has 0 N–H and O–H groups in total. The van der Waals surface area contributed by atoms with Gasteiger partial charge >= 0.3 is 0 Å². The van der Waals surface area contributed by atoms with Crippen LogP contribution in [0.2, 0.25) is 0 Å². The standard InChI is InChI=1S/C36H40N2/c1-21(2)26-15-27(22(3)4)18-30(17-26)37-35-32-13-9-11-25-12-10-14-33(34(25)32)36(35)38-31-19-28(23(5)6)16-29(20-31)24(7)8/h9-24H,1-8H3.